The van der Waals surface area contributed by atoms with E-state index in [1.807, 2.05) is 39.0 Å². The van der Waals surface area contributed by atoms with Gasteiger partial charge in [0.05, 0.1) is 6.17 Å². The SMILES string of the molecule is [B]c1c(-c2ccccc2)c(C)c2oc3c(C)c(C4N=C(C5=CC=CCC5)NC(C5C=CC=CC5)N4)c(O)c(C)c3c2c1C. The van der Waals surface area contributed by atoms with Crippen LogP contribution >= 0.6 is 0 Å². The van der Waals surface area contributed by atoms with Gasteiger partial charge in [-0.1, -0.05) is 78.3 Å². The van der Waals surface area contributed by atoms with Crippen molar-refractivity contribution in [2.45, 2.75) is 59.3 Å². The Bertz CT molecular complexity index is 1930. The Morgan fingerprint density at radius 3 is 2.40 bits per heavy atom. The number of aryl methyl sites for hydroxylation is 4. The summed E-state index contributed by atoms with van der Waals surface area (Å²) in [6.45, 7) is 8.12. The predicted octanol–water partition coefficient (Wildman–Crippen LogP) is 7.31. The lowest BCUT2D eigenvalue weighted by Crippen LogP contribution is -2.55. The molecular weight excluding hydrogens is 529 g/mol. The minimum Gasteiger partial charge on any atom is -0.507 e. The summed E-state index contributed by atoms with van der Waals surface area (Å²) in [4.78, 5) is 5.18. The Hall–Kier alpha value is -4.29. The number of aromatic hydroxyl groups is 1. The molecule has 0 bridgehead atoms. The van der Waals surface area contributed by atoms with E-state index in [1.54, 1.807) is 0 Å². The van der Waals surface area contributed by atoms with Gasteiger partial charge in [-0.05, 0) is 74.8 Å². The van der Waals surface area contributed by atoms with Crippen LogP contribution < -0.4 is 16.1 Å². The number of rotatable bonds is 4. The number of nitrogens with zero attached hydrogens (tertiary/aromatic N) is 1. The Morgan fingerprint density at radius 1 is 0.907 bits per heavy atom. The highest BCUT2D eigenvalue weighted by molar-refractivity contribution is 6.39. The summed E-state index contributed by atoms with van der Waals surface area (Å²) in [6, 6.07) is 10.2. The number of fused-ring (bicyclic) bond motifs is 3. The van der Waals surface area contributed by atoms with Gasteiger partial charge in [-0.2, -0.15) is 0 Å². The average molecular weight is 566 g/mol. The highest BCUT2D eigenvalue weighted by Crippen LogP contribution is 2.46. The van der Waals surface area contributed by atoms with E-state index in [2.05, 4.69) is 72.2 Å². The normalized spacial score (nSPS) is 21.7. The molecule has 43 heavy (non-hydrogen) atoms. The Labute approximate surface area is 254 Å². The van der Waals surface area contributed by atoms with Gasteiger partial charge in [0, 0.05) is 33.4 Å². The maximum Gasteiger partial charge on any atom is 0.139 e. The molecule has 0 saturated carbocycles. The number of allylic oxidation sites excluding steroid dienone is 6. The van der Waals surface area contributed by atoms with E-state index in [4.69, 9.17) is 17.3 Å². The molecule has 3 atom stereocenters. The third kappa shape index (κ3) is 4.47. The molecule has 4 aromatic rings. The van der Waals surface area contributed by atoms with Crippen molar-refractivity contribution in [3.63, 3.8) is 0 Å². The van der Waals surface area contributed by atoms with Gasteiger partial charge in [0.1, 0.15) is 36.8 Å². The molecule has 5 nitrogen and oxygen atoms in total. The molecule has 2 heterocycles. The fourth-order valence-corrected chi connectivity index (χ4v) is 7.01. The van der Waals surface area contributed by atoms with Gasteiger partial charge in [0.2, 0.25) is 0 Å². The topological polar surface area (TPSA) is 69.8 Å². The molecule has 3 aliphatic rings. The molecule has 0 fully saturated rings. The van der Waals surface area contributed by atoms with Crippen LogP contribution in [0.3, 0.4) is 0 Å². The Kier molecular flexibility index (Phi) is 6.90. The molecule has 2 aliphatic carbocycles. The van der Waals surface area contributed by atoms with Gasteiger partial charge < -0.3 is 14.8 Å². The van der Waals surface area contributed by atoms with Gasteiger partial charge in [-0.15, -0.1) is 0 Å². The maximum absolute atomic E-state index is 11.9. The zero-order chi connectivity index (χ0) is 29.8. The lowest BCUT2D eigenvalue weighted by molar-refractivity contribution is 0.321. The van der Waals surface area contributed by atoms with Crippen molar-refractivity contribution in [2.24, 2.45) is 10.9 Å². The minimum atomic E-state index is -0.448. The minimum absolute atomic E-state index is 0.0475. The van der Waals surface area contributed by atoms with E-state index in [9.17, 15) is 5.11 Å². The lowest BCUT2D eigenvalue weighted by Gasteiger charge is -2.37. The van der Waals surface area contributed by atoms with Crippen molar-refractivity contribution in [1.82, 2.24) is 10.6 Å². The Morgan fingerprint density at radius 2 is 1.67 bits per heavy atom. The Balaban J connectivity index is 1.43. The number of phenolic OH excluding ortho intramolecular Hbond substituents is 1. The first-order valence-electron chi connectivity index (χ1n) is 15.2. The van der Waals surface area contributed by atoms with Crippen LogP contribution in [0.2, 0.25) is 0 Å². The molecule has 0 spiro atoms. The fourth-order valence-electron chi connectivity index (χ4n) is 7.01. The zero-order valence-corrected chi connectivity index (χ0v) is 25.2. The van der Waals surface area contributed by atoms with Crippen LogP contribution in [0.25, 0.3) is 33.1 Å². The average Bonchev–Trinajstić information content (AvgIpc) is 3.46. The first kappa shape index (κ1) is 27.5. The van der Waals surface area contributed by atoms with Crippen molar-refractivity contribution in [3.05, 3.63) is 106 Å². The van der Waals surface area contributed by atoms with Gasteiger partial charge in [-0.25, -0.2) is 4.99 Å². The molecule has 6 heteroatoms. The number of aliphatic imine (C=N–C) groups is 1. The van der Waals surface area contributed by atoms with Crippen molar-refractivity contribution in [2.75, 3.05) is 0 Å². The van der Waals surface area contributed by atoms with Crippen LogP contribution in [0, 0.1) is 33.6 Å². The van der Waals surface area contributed by atoms with Gasteiger partial charge >= 0.3 is 0 Å². The predicted molar refractivity (Wildman–Crippen MR) is 178 cm³/mol. The molecular formula is C37H36BN3O2. The smallest absolute Gasteiger partial charge is 0.139 e. The van der Waals surface area contributed by atoms with E-state index >= 15 is 0 Å². The van der Waals surface area contributed by atoms with E-state index in [0.717, 1.165) is 91.4 Å². The lowest BCUT2D eigenvalue weighted by atomic mass is 9.79. The van der Waals surface area contributed by atoms with Gasteiger partial charge in [0.25, 0.3) is 0 Å². The molecule has 1 aliphatic heterocycles. The van der Waals surface area contributed by atoms with Crippen molar-refractivity contribution >= 4 is 41.1 Å². The summed E-state index contributed by atoms with van der Waals surface area (Å²) in [5, 5.41) is 21.2. The molecule has 0 amide bonds. The standard InChI is InChI=1S/C37H36BN3O2/c1-20-28-29-21(2)32(42)30(23(4)34(29)43-33(28)22(3)27(31(20)38)24-14-8-5-9-15-24)37-40-35(25-16-10-6-11-17-25)39-36(41-37)26-18-12-7-13-19-26/h5-12,14-16,18,25,35,37,40,42H,13,17,19H2,1-4H3,(H,39,41). The largest absolute Gasteiger partial charge is 0.507 e. The first-order valence-corrected chi connectivity index (χ1v) is 15.2. The zero-order valence-electron chi connectivity index (χ0n) is 25.2. The fraction of sp³-hybridized carbons (Fsp3) is 0.270. The van der Waals surface area contributed by atoms with Crippen LogP contribution in [-0.2, 0) is 0 Å². The molecule has 3 N–H and O–H groups in total. The van der Waals surface area contributed by atoms with Crippen LogP contribution in [0.15, 0.2) is 87.8 Å². The van der Waals surface area contributed by atoms with Crippen molar-refractivity contribution < 1.29 is 9.52 Å². The van der Waals surface area contributed by atoms with Gasteiger partial charge in [0.15, 0.2) is 0 Å². The van der Waals surface area contributed by atoms with E-state index in [1.165, 1.54) is 5.57 Å². The molecule has 214 valence electrons. The highest BCUT2D eigenvalue weighted by atomic mass is 16.3. The van der Waals surface area contributed by atoms with Crippen LogP contribution in [0.4, 0.5) is 0 Å². The number of phenols is 1. The van der Waals surface area contributed by atoms with Crippen molar-refractivity contribution in [1.29, 1.82) is 0 Å². The second kappa shape index (κ2) is 10.8. The summed E-state index contributed by atoms with van der Waals surface area (Å²) in [5.74, 6) is 1.38. The second-order valence-electron chi connectivity index (χ2n) is 12.0. The number of amidine groups is 1. The maximum atomic E-state index is 11.9. The molecule has 2 radical (unpaired) electrons. The molecule has 3 unspecified atom stereocenters. The first-order chi connectivity index (χ1) is 20.8. The molecule has 3 aromatic carbocycles. The van der Waals surface area contributed by atoms with Crippen LogP contribution in [0.5, 0.6) is 5.75 Å². The number of benzene rings is 3. The van der Waals surface area contributed by atoms with Crippen molar-refractivity contribution in [3.8, 4) is 16.9 Å². The summed E-state index contributed by atoms with van der Waals surface area (Å²) >= 11 is 0. The monoisotopic (exact) mass is 565 g/mol. The summed E-state index contributed by atoms with van der Waals surface area (Å²) in [5.41, 5.74) is 9.91. The molecule has 0 saturated heterocycles. The summed E-state index contributed by atoms with van der Waals surface area (Å²) in [7, 11) is 6.82. The van der Waals surface area contributed by atoms with Crippen LogP contribution in [-0.4, -0.2) is 25.0 Å². The van der Waals surface area contributed by atoms with E-state index in [0.29, 0.717) is 0 Å². The third-order valence-electron chi connectivity index (χ3n) is 9.39. The molecule has 7 rings (SSSR count). The van der Waals surface area contributed by atoms with Crippen LogP contribution in [0.1, 0.15) is 53.2 Å². The number of furan rings is 1. The summed E-state index contributed by atoms with van der Waals surface area (Å²) < 4.78 is 6.77. The summed E-state index contributed by atoms with van der Waals surface area (Å²) in [6.07, 6.45) is 17.4. The number of hydrogen-bond acceptors (Lipinski definition) is 5. The quantitative estimate of drug-likeness (QED) is 0.227. The van der Waals surface area contributed by atoms with E-state index in [-0.39, 0.29) is 17.8 Å². The molecule has 1 aromatic heterocycles. The number of hydrogen-bond donors (Lipinski definition) is 3. The third-order valence-corrected chi connectivity index (χ3v) is 9.39. The van der Waals surface area contributed by atoms with Gasteiger partial charge in [-0.3, -0.25) is 5.32 Å². The van der Waals surface area contributed by atoms with E-state index < -0.39 is 6.17 Å². The second-order valence-corrected chi connectivity index (χ2v) is 12.0. The number of nitrogens with one attached hydrogen (secondary N) is 2. The highest BCUT2D eigenvalue weighted by Gasteiger charge is 2.34.